The van der Waals surface area contributed by atoms with Gasteiger partial charge in [-0.3, -0.25) is 19.2 Å². The average molecular weight is 547 g/mol. The minimum absolute atomic E-state index is 0.124. The second-order valence-corrected chi connectivity index (χ2v) is 10.8. The molecule has 3 N–H and O–H groups in total. The van der Waals surface area contributed by atoms with Crippen LogP contribution >= 0.6 is 0 Å². The topological polar surface area (TPSA) is 142 Å². The summed E-state index contributed by atoms with van der Waals surface area (Å²) in [4.78, 5) is 69.5. The van der Waals surface area contributed by atoms with Gasteiger partial charge >= 0.3 is 11.7 Å². The molecule has 5 rings (SSSR count). The van der Waals surface area contributed by atoms with Crippen molar-refractivity contribution in [3.8, 4) is 0 Å². The van der Waals surface area contributed by atoms with E-state index in [2.05, 4.69) is 10.3 Å². The summed E-state index contributed by atoms with van der Waals surface area (Å²) in [7, 11) is 0. The van der Waals surface area contributed by atoms with Crippen molar-refractivity contribution in [2.75, 3.05) is 13.1 Å². The number of carbonyl (C=O) groups is 3. The number of rotatable bonds is 8. The van der Waals surface area contributed by atoms with Crippen LogP contribution < -0.4 is 16.6 Å². The SMILES string of the molecule is O=C(O)C1CCC(CNC(=O)[C@@H]2CCCN2C(=O)[C@H](Cc2ccccc2)n2c(=O)[nH]c3ccccc3c2=O)CC1. The predicted octanol–water partition coefficient (Wildman–Crippen LogP) is 2.47. The van der Waals surface area contributed by atoms with Gasteiger partial charge in [-0.15, -0.1) is 0 Å². The number of carboxylic acids is 1. The number of amides is 2. The Bertz CT molecular complexity index is 1510. The second-order valence-electron chi connectivity index (χ2n) is 10.8. The minimum atomic E-state index is -1.12. The van der Waals surface area contributed by atoms with Crippen LogP contribution in [0.4, 0.5) is 0 Å². The van der Waals surface area contributed by atoms with E-state index in [1.807, 2.05) is 30.3 Å². The van der Waals surface area contributed by atoms with Crippen LogP contribution in [0.1, 0.15) is 50.1 Å². The van der Waals surface area contributed by atoms with Crippen molar-refractivity contribution in [2.45, 2.75) is 57.0 Å². The molecule has 1 aliphatic heterocycles. The number of H-pyrrole nitrogens is 1. The summed E-state index contributed by atoms with van der Waals surface area (Å²) in [6, 6.07) is 14.1. The highest BCUT2D eigenvalue weighted by molar-refractivity contribution is 5.90. The molecule has 1 saturated heterocycles. The van der Waals surface area contributed by atoms with Crippen molar-refractivity contribution >= 4 is 28.7 Å². The van der Waals surface area contributed by atoms with Crippen molar-refractivity contribution < 1.29 is 19.5 Å². The summed E-state index contributed by atoms with van der Waals surface area (Å²) in [6.45, 7) is 0.785. The molecule has 1 aliphatic carbocycles. The summed E-state index contributed by atoms with van der Waals surface area (Å²) in [5.74, 6) is -1.59. The number of nitrogens with zero attached hydrogens (tertiary/aromatic N) is 2. The van der Waals surface area contributed by atoms with Gasteiger partial charge in [-0.1, -0.05) is 42.5 Å². The van der Waals surface area contributed by atoms with E-state index in [9.17, 15) is 29.1 Å². The third kappa shape index (κ3) is 5.71. The maximum atomic E-state index is 14.1. The molecular weight excluding hydrogens is 512 g/mol. The molecule has 0 radical (unpaired) electrons. The Hall–Kier alpha value is -4.21. The van der Waals surface area contributed by atoms with Gasteiger partial charge in [-0.2, -0.15) is 0 Å². The molecule has 2 aliphatic rings. The number of aromatic amines is 1. The Kier molecular flexibility index (Phi) is 8.14. The molecule has 10 nitrogen and oxygen atoms in total. The summed E-state index contributed by atoms with van der Waals surface area (Å²) in [5, 5.41) is 12.5. The van der Waals surface area contributed by atoms with Crippen LogP contribution in [-0.4, -0.2) is 56.5 Å². The first-order chi connectivity index (χ1) is 19.3. The lowest BCUT2D eigenvalue weighted by Crippen LogP contribution is -2.52. The first-order valence-electron chi connectivity index (χ1n) is 13.9. The standard InChI is InChI=1S/C30H34N4O6/c35-26(31-18-20-12-14-21(15-13-20)29(38)39)24-11-6-16-33(24)28(37)25(17-19-7-2-1-3-8-19)34-27(36)22-9-4-5-10-23(22)32-30(34)40/h1-5,7-10,20-21,24-25H,6,11-18H2,(H,31,35)(H,32,40)(H,38,39)/t20?,21?,24-,25-/m0/s1. The van der Waals surface area contributed by atoms with Crippen LogP contribution in [0.15, 0.2) is 64.2 Å². The van der Waals surface area contributed by atoms with Gasteiger partial charge in [0.2, 0.25) is 11.8 Å². The number of aliphatic carboxylic acids is 1. The largest absolute Gasteiger partial charge is 0.481 e. The normalized spacial score (nSPS) is 21.7. The molecule has 2 atom stereocenters. The van der Waals surface area contributed by atoms with E-state index in [0.29, 0.717) is 49.7 Å². The fraction of sp³-hybridized carbons (Fsp3) is 0.433. The van der Waals surface area contributed by atoms with Gasteiger partial charge in [0.25, 0.3) is 5.56 Å². The van der Waals surface area contributed by atoms with E-state index in [1.54, 1.807) is 24.3 Å². The summed E-state index contributed by atoms with van der Waals surface area (Å²) < 4.78 is 0.992. The van der Waals surface area contributed by atoms with E-state index < -0.39 is 35.2 Å². The molecule has 210 valence electrons. The second kappa shape index (κ2) is 11.9. The van der Waals surface area contributed by atoms with E-state index in [1.165, 1.54) is 4.90 Å². The van der Waals surface area contributed by atoms with Gasteiger partial charge in [0.15, 0.2) is 0 Å². The molecular formula is C30H34N4O6. The van der Waals surface area contributed by atoms with Crippen molar-refractivity contribution in [1.29, 1.82) is 0 Å². The average Bonchev–Trinajstić information content (AvgIpc) is 3.46. The molecule has 0 bridgehead atoms. The maximum Gasteiger partial charge on any atom is 0.329 e. The van der Waals surface area contributed by atoms with Crippen LogP contribution in [-0.2, 0) is 20.8 Å². The van der Waals surface area contributed by atoms with E-state index in [-0.39, 0.29) is 24.2 Å². The Morgan fingerprint density at radius 2 is 1.65 bits per heavy atom. The molecule has 1 aromatic heterocycles. The van der Waals surface area contributed by atoms with Crippen LogP contribution in [0.3, 0.4) is 0 Å². The lowest BCUT2D eigenvalue weighted by Gasteiger charge is -2.30. The van der Waals surface area contributed by atoms with Gasteiger partial charge in [0, 0.05) is 19.5 Å². The van der Waals surface area contributed by atoms with Crippen LogP contribution in [0.25, 0.3) is 10.9 Å². The number of hydrogen-bond donors (Lipinski definition) is 3. The third-order valence-electron chi connectivity index (χ3n) is 8.30. The highest BCUT2D eigenvalue weighted by Crippen LogP contribution is 2.29. The van der Waals surface area contributed by atoms with Gasteiger partial charge < -0.3 is 20.3 Å². The Labute approximate surface area is 231 Å². The summed E-state index contributed by atoms with van der Waals surface area (Å²) in [5.41, 5.74) is -0.0334. The smallest absolute Gasteiger partial charge is 0.329 e. The number of hydrogen-bond acceptors (Lipinski definition) is 5. The summed E-state index contributed by atoms with van der Waals surface area (Å²) in [6.07, 6.45) is 3.91. The quantitative estimate of drug-likeness (QED) is 0.396. The lowest BCUT2D eigenvalue weighted by atomic mass is 9.82. The number of aromatic nitrogens is 2. The van der Waals surface area contributed by atoms with Crippen molar-refractivity contribution in [3.63, 3.8) is 0 Å². The van der Waals surface area contributed by atoms with Crippen LogP contribution in [0.5, 0.6) is 0 Å². The van der Waals surface area contributed by atoms with Crippen molar-refractivity contribution in [3.05, 3.63) is 81.0 Å². The van der Waals surface area contributed by atoms with Gasteiger partial charge in [0.05, 0.1) is 16.8 Å². The Balaban J connectivity index is 1.38. The molecule has 3 aromatic rings. The predicted molar refractivity (Wildman–Crippen MR) is 149 cm³/mol. The van der Waals surface area contributed by atoms with Gasteiger partial charge in [-0.25, -0.2) is 9.36 Å². The molecule has 2 fully saturated rings. The highest BCUT2D eigenvalue weighted by atomic mass is 16.4. The number of carbonyl (C=O) groups excluding carboxylic acids is 2. The maximum absolute atomic E-state index is 14.1. The number of likely N-dealkylation sites (tertiary alicyclic amines) is 1. The number of fused-ring (bicyclic) bond motifs is 1. The highest BCUT2D eigenvalue weighted by Gasteiger charge is 2.39. The number of carboxylic acid groups (broad SMARTS) is 1. The van der Waals surface area contributed by atoms with Crippen molar-refractivity contribution in [2.24, 2.45) is 11.8 Å². The molecule has 2 aromatic carbocycles. The molecule has 2 amide bonds. The molecule has 10 heteroatoms. The van der Waals surface area contributed by atoms with Gasteiger partial charge in [0.1, 0.15) is 12.1 Å². The Morgan fingerprint density at radius 3 is 2.38 bits per heavy atom. The van der Waals surface area contributed by atoms with E-state index in [4.69, 9.17) is 0 Å². The van der Waals surface area contributed by atoms with E-state index >= 15 is 0 Å². The van der Waals surface area contributed by atoms with Crippen molar-refractivity contribution in [1.82, 2.24) is 19.8 Å². The monoisotopic (exact) mass is 546 g/mol. The van der Waals surface area contributed by atoms with E-state index in [0.717, 1.165) is 23.0 Å². The zero-order valence-electron chi connectivity index (χ0n) is 22.3. The zero-order valence-corrected chi connectivity index (χ0v) is 22.3. The minimum Gasteiger partial charge on any atom is -0.481 e. The third-order valence-corrected chi connectivity index (χ3v) is 8.30. The molecule has 2 heterocycles. The molecule has 1 saturated carbocycles. The first-order valence-corrected chi connectivity index (χ1v) is 13.9. The molecule has 0 spiro atoms. The Morgan fingerprint density at radius 1 is 0.950 bits per heavy atom. The van der Waals surface area contributed by atoms with Crippen LogP contribution in [0, 0.1) is 11.8 Å². The molecule has 0 unspecified atom stereocenters. The van der Waals surface area contributed by atoms with Gasteiger partial charge in [-0.05, 0) is 62.1 Å². The first kappa shape index (κ1) is 27.4. The fourth-order valence-electron chi connectivity index (χ4n) is 6.06. The lowest BCUT2D eigenvalue weighted by molar-refractivity contribution is -0.143. The fourth-order valence-corrected chi connectivity index (χ4v) is 6.06. The number of benzene rings is 2. The number of para-hydroxylation sites is 1. The zero-order chi connectivity index (χ0) is 28.2. The number of nitrogens with one attached hydrogen (secondary N) is 2. The molecule has 40 heavy (non-hydrogen) atoms. The van der Waals surface area contributed by atoms with Crippen LogP contribution in [0.2, 0.25) is 0 Å². The summed E-state index contributed by atoms with van der Waals surface area (Å²) >= 11 is 0.